The number of non-ortho nitro benzene ring substituents is 1. The van der Waals surface area contributed by atoms with Crippen molar-refractivity contribution < 1.29 is 9.72 Å². The van der Waals surface area contributed by atoms with E-state index in [-0.39, 0.29) is 17.4 Å². The number of hydrogen-bond acceptors (Lipinski definition) is 3. The van der Waals surface area contributed by atoms with Crippen LogP contribution in [0.2, 0.25) is 0 Å². The van der Waals surface area contributed by atoms with E-state index in [2.05, 4.69) is 15.9 Å². The van der Waals surface area contributed by atoms with Crippen molar-refractivity contribution in [3.05, 3.63) is 39.4 Å². The molecule has 1 rings (SSSR count). The second-order valence-corrected chi connectivity index (χ2v) is 4.48. The van der Waals surface area contributed by atoms with Gasteiger partial charge in [0.25, 0.3) is 5.69 Å². The molecule has 0 saturated heterocycles. The maximum atomic E-state index is 11.2. The lowest BCUT2D eigenvalue weighted by Crippen LogP contribution is -2.02. The smallest absolute Gasteiger partial charge is 0.270 e. The molecule has 1 atom stereocenters. The number of carbonyl (C=O) groups is 1. The van der Waals surface area contributed by atoms with Crippen LogP contribution in [0.4, 0.5) is 5.69 Å². The van der Waals surface area contributed by atoms with E-state index in [1.165, 1.54) is 19.1 Å². The third-order valence-corrected chi connectivity index (χ3v) is 3.50. The average molecular weight is 307 g/mol. The van der Waals surface area contributed by atoms with Gasteiger partial charge in [-0.15, -0.1) is 11.6 Å². The first kappa shape index (κ1) is 13.1. The third-order valence-electron chi connectivity index (χ3n) is 2.01. The minimum Gasteiger partial charge on any atom is -0.298 e. The molecule has 6 heteroatoms. The number of benzene rings is 1. The molecule has 0 heterocycles. The average Bonchev–Trinajstić information content (AvgIpc) is 2.27. The highest BCUT2D eigenvalue weighted by molar-refractivity contribution is 9.09. The SMILES string of the molecule is CC(=O)C(Br)c1cc(CCl)cc([N+](=O)[O-])c1. The van der Waals surface area contributed by atoms with Crippen molar-refractivity contribution in [2.45, 2.75) is 17.6 Å². The molecular weight excluding hydrogens is 297 g/mol. The fourth-order valence-corrected chi connectivity index (χ4v) is 1.68. The number of alkyl halides is 2. The Morgan fingerprint density at radius 3 is 2.62 bits per heavy atom. The number of halogens is 2. The molecule has 1 aromatic rings. The van der Waals surface area contributed by atoms with E-state index in [4.69, 9.17) is 11.6 Å². The van der Waals surface area contributed by atoms with Crippen LogP contribution < -0.4 is 0 Å². The zero-order valence-electron chi connectivity index (χ0n) is 8.44. The fourth-order valence-electron chi connectivity index (χ4n) is 1.26. The maximum absolute atomic E-state index is 11.2. The molecule has 0 spiro atoms. The van der Waals surface area contributed by atoms with Crippen molar-refractivity contribution in [3.8, 4) is 0 Å². The monoisotopic (exact) mass is 305 g/mol. The Bertz CT molecular complexity index is 436. The third kappa shape index (κ3) is 3.02. The van der Waals surface area contributed by atoms with Crippen LogP contribution in [0, 0.1) is 10.1 Å². The summed E-state index contributed by atoms with van der Waals surface area (Å²) in [6, 6.07) is 4.45. The van der Waals surface area contributed by atoms with Crippen LogP contribution in [-0.2, 0) is 10.7 Å². The number of nitro groups is 1. The van der Waals surface area contributed by atoms with E-state index in [1.54, 1.807) is 6.07 Å². The predicted octanol–water partition coefficient (Wildman–Crippen LogP) is 3.36. The molecule has 0 bridgehead atoms. The predicted molar refractivity (Wildman–Crippen MR) is 65.0 cm³/mol. The van der Waals surface area contributed by atoms with Crippen molar-refractivity contribution in [2.24, 2.45) is 0 Å². The minimum atomic E-state index is -0.533. The molecular formula is C10H9BrClNO3. The molecule has 0 amide bonds. The molecule has 0 radical (unpaired) electrons. The summed E-state index contributed by atoms with van der Waals surface area (Å²) in [6.07, 6.45) is 0. The van der Waals surface area contributed by atoms with Gasteiger partial charge in [0.2, 0.25) is 0 Å². The van der Waals surface area contributed by atoms with E-state index in [0.717, 1.165) is 0 Å². The van der Waals surface area contributed by atoms with E-state index < -0.39 is 9.75 Å². The van der Waals surface area contributed by atoms with Crippen molar-refractivity contribution in [3.63, 3.8) is 0 Å². The number of hydrogen-bond donors (Lipinski definition) is 0. The Labute approximate surface area is 106 Å². The van der Waals surface area contributed by atoms with Gasteiger partial charge in [-0.3, -0.25) is 14.9 Å². The van der Waals surface area contributed by atoms with Crippen molar-refractivity contribution in [2.75, 3.05) is 0 Å². The van der Waals surface area contributed by atoms with Gasteiger partial charge in [-0.2, -0.15) is 0 Å². The standard InChI is InChI=1S/C10H9BrClNO3/c1-6(14)10(11)8-2-7(5-12)3-9(4-8)13(15)16/h2-4,10H,5H2,1H3. The van der Waals surface area contributed by atoms with Crippen molar-refractivity contribution >= 4 is 39.0 Å². The largest absolute Gasteiger partial charge is 0.298 e. The molecule has 86 valence electrons. The number of nitrogens with zero attached hydrogens (tertiary/aromatic N) is 1. The van der Waals surface area contributed by atoms with Crippen LogP contribution in [-0.4, -0.2) is 10.7 Å². The Balaban J connectivity index is 3.23. The van der Waals surface area contributed by atoms with Crippen LogP contribution in [0.1, 0.15) is 22.9 Å². The zero-order chi connectivity index (χ0) is 12.3. The van der Waals surface area contributed by atoms with Crippen molar-refractivity contribution in [1.29, 1.82) is 0 Å². The Morgan fingerprint density at radius 2 is 2.19 bits per heavy atom. The number of Topliss-reactive ketones (excluding diaryl/α,β-unsaturated/α-hetero) is 1. The normalized spacial score (nSPS) is 12.2. The highest BCUT2D eigenvalue weighted by Gasteiger charge is 2.17. The van der Waals surface area contributed by atoms with Crippen LogP contribution in [0.25, 0.3) is 0 Å². The molecule has 1 aromatic carbocycles. The number of ketones is 1. The van der Waals surface area contributed by atoms with Crippen LogP contribution in [0.3, 0.4) is 0 Å². The lowest BCUT2D eigenvalue weighted by atomic mass is 10.1. The first-order valence-corrected chi connectivity index (χ1v) is 5.89. The van der Waals surface area contributed by atoms with Gasteiger partial charge < -0.3 is 0 Å². The van der Waals surface area contributed by atoms with Crippen LogP contribution in [0.5, 0.6) is 0 Å². The van der Waals surface area contributed by atoms with E-state index in [9.17, 15) is 14.9 Å². The summed E-state index contributed by atoms with van der Waals surface area (Å²) in [5.41, 5.74) is 1.12. The molecule has 0 aliphatic heterocycles. The second kappa shape index (κ2) is 5.41. The molecule has 16 heavy (non-hydrogen) atoms. The van der Waals surface area contributed by atoms with Gasteiger partial charge in [0.1, 0.15) is 5.78 Å². The number of nitro benzene ring substituents is 1. The summed E-state index contributed by atoms with van der Waals surface area (Å²) < 4.78 is 0. The summed E-state index contributed by atoms with van der Waals surface area (Å²) in [7, 11) is 0. The molecule has 0 saturated carbocycles. The molecule has 0 N–H and O–H groups in total. The molecule has 0 aliphatic rings. The molecule has 4 nitrogen and oxygen atoms in total. The fraction of sp³-hybridized carbons (Fsp3) is 0.300. The Hall–Kier alpha value is -0.940. The van der Waals surface area contributed by atoms with Crippen LogP contribution in [0.15, 0.2) is 18.2 Å². The maximum Gasteiger partial charge on any atom is 0.270 e. The van der Waals surface area contributed by atoms with Gasteiger partial charge in [-0.05, 0) is 18.1 Å². The Kier molecular flexibility index (Phi) is 4.44. The first-order valence-electron chi connectivity index (χ1n) is 4.44. The number of carbonyl (C=O) groups excluding carboxylic acids is 1. The lowest BCUT2D eigenvalue weighted by Gasteiger charge is -2.07. The topological polar surface area (TPSA) is 60.2 Å². The molecule has 0 aliphatic carbocycles. The van der Waals surface area contributed by atoms with Crippen LogP contribution >= 0.6 is 27.5 Å². The molecule has 0 aromatic heterocycles. The van der Waals surface area contributed by atoms with E-state index >= 15 is 0 Å². The summed E-state index contributed by atoms with van der Waals surface area (Å²) >= 11 is 8.82. The molecule has 0 fully saturated rings. The highest BCUT2D eigenvalue weighted by atomic mass is 79.9. The van der Waals surface area contributed by atoms with Gasteiger partial charge in [-0.25, -0.2) is 0 Å². The first-order chi connectivity index (χ1) is 7.45. The number of rotatable bonds is 4. The van der Waals surface area contributed by atoms with Crippen molar-refractivity contribution in [1.82, 2.24) is 0 Å². The van der Waals surface area contributed by atoms with Gasteiger partial charge in [0.05, 0.1) is 9.75 Å². The summed E-state index contributed by atoms with van der Waals surface area (Å²) in [5, 5.41) is 10.7. The minimum absolute atomic E-state index is 0.0566. The highest BCUT2D eigenvalue weighted by Crippen LogP contribution is 2.28. The summed E-state index contributed by atoms with van der Waals surface area (Å²) in [4.78, 5) is 20.8. The zero-order valence-corrected chi connectivity index (χ0v) is 10.8. The van der Waals surface area contributed by atoms with E-state index in [0.29, 0.717) is 11.1 Å². The van der Waals surface area contributed by atoms with Gasteiger partial charge in [-0.1, -0.05) is 22.0 Å². The van der Waals surface area contributed by atoms with Gasteiger partial charge in [0.15, 0.2) is 0 Å². The summed E-state index contributed by atoms with van der Waals surface area (Å²) in [5.74, 6) is 0.0628. The Morgan fingerprint density at radius 1 is 1.56 bits per heavy atom. The van der Waals surface area contributed by atoms with Gasteiger partial charge in [0, 0.05) is 18.0 Å². The quantitative estimate of drug-likeness (QED) is 0.487. The lowest BCUT2D eigenvalue weighted by molar-refractivity contribution is -0.385. The summed E-state index contributed by atoms with van der Waals surface area (Å²) in [6.45, 7) is 1.42. The molecule has 1 unspecified atom stereocenters. The van der Waals surface area contributed by atoms with E-state index in [1.807, 2.05) is 0 Å². The van der Waals surface area contributed by atoms with Gasteiger partial charge >= 0.3 is 0 Å². The second-order valence-electron chi connectivity index (χ2n) is 3.30.